The lowest BCUT2D eigenvalue weighted by molar-refractivity contribution is -0.121. The maximum atomic E-state index is 11.7. The van der Waals surface area contributed by atoms with Crippen LogP contribution < -0.4 is 5.32 Å². The normalized spacial score (nSPS) is 16.3. The Bertz CT molecular complexity index is 415. The number of halogens is 1. The number of rotatable bonds is 6. The Balaban J connectivity index is 1.67. The van der Waals surface area contributed by atoms with Crippen molar-refractivity contribution < 1.29 is 4.79 Å². The van der Waals surface area contributed by atoms with Crippen molar-refractivity contribution in [2.45, 2.75) is 38.0 Å². The topological polar surface area (TPSA) is 29.1 Å². The fourth-order valence-electron chi connectivity index (χ4n) is 2.05. The number of hydrogen-bond donors (Lipinski definition) is 1. The van der Waals surface area contributed by atoms with Gasteiger partial charge in [-0.2, -0.15) is 0 Å². The molecule has 1 saturated carbocycles. The van der Waals surface area contributed by atoms with Crippen molar-refractivity contribution in [2.75, 3.05) is 6.54 Å². The number of carbonyl (C=O) groups excluding carboxylic acids is 1. The molecule has 2 nitrogen and oxygen atoms in total. The van der Waals surface area contributed by atoms with Crippen LogP contribution in [0.25, 0.3) is 0 Å². The van der Waals surface area contributed by atoms with Crippen LogP contribution in [-0.4, -0.2) is 17.8 Å². The van der Waals surface area contributed by atoms with Crippen LogP contribution in [0.5, 0.6) is 0 Å². The number of hydrogen-bond acceptors (Lipinski definition) is 1. The van der Waals surface area contributed by atoms with E-state index in [2.05, 4.69) is 30.4 Å². The third kappa shape index (κ3) is 4.34. The van der Waals surface area contributed by atoms with Gasteiger partial charge in [-0.25, -0.2) is 0 Å². The minimum absolute atomic E-state index is 0.0998. The SMILES string of the molecule is Cc1cccc(CCC(=O)NCC(Cl)C2CC2)c1. The maximum absolute atomic E-state index is 11.7. The minimum Gasteiger partial charge on any atom is -0.355 e. The van der Waals surface area contributed by atoms with Gasteiger partial charge < -0.3 is 5.32 Å². The number of benzene rings is 1. The summed E-state index contributed by atoms with van der Waals surface area (Å²) in [6.45, 7) is 2.68. The lowest BCUT2D eigenvalue weighted by Gasteiger charge is -2.09. The summed E-state index contributed by atoms with van der Waals surface area (Å²) >= 11 is 6.15. The third-order valence-corrected chi connectivity index (χ3v) is 3.86. The first-order valence-electron chi connectivity index (χ1n) is 6.61. The lowest BCUT2D eigenvalue weighted by atomic mass is 10.1. The average molecular weight is 266 g/mol. The van der Waals surface area contributed by atoms with Gasteiger partial charge in [-0.1, -0.05) is 29.8 Å². The van der Waals surface area contributed by atoms with E-state index in [-0.39, 0.29) is 11.3 Å². The standard InChI is InChI=1S/C15H20ClNO/c1-11-3-2-4-12(9-11)5-8-15(18)17-10-14(16)13-6-7-13/h2-4,9,13-14H,5-8,10H2,1H3,(H,17,18). The Labute approximate surface area is 114 Å². The van der Waals surface area contributed by atoms with E-state index in [0.29, 0.717) is 18.9 Å². The lowest BCUT2D eigenvalue weighted by Crippen LogP contribution is -2.30. The second-order valence-electron chi connectivity index (χ2n) is 5.15. The molecule has 3 heteroatoms. The molecule has 0 aliphatic heterocycles. The second-order valence-corrected chi connectivity index (χ2v) is 5.71. The molecule has 1 aromatic rings. The van der Waals surface area contributed by atoms with Crippen LogP contribution in [-0.2, 0) is 11.2 Å². The number of carbonyl (C=O) groups is 1. The number of aryl methyl sites for hydroxylation is 2. The van der Waals surface area contributed by atoms with Crippen LogP contribution in [0.3, 0.4) is 0 Å². The second kappa shape index (κ2) is 6.24. The number of nitrogens with one attached hydrogen (secondary N) is 1. The van der Waals surface area contributed by atoms with Gasteiger partial charge in [0.25, 0.3) is 0 Å². The molecule has 1 fully saturated rings. The van der Waals surface area contributed by atoms with Crippen molar-refractivity contribution >= 4 is 17.5 Å². The zero-order valence-electron chi connectivity index (χ0n) is 10.8. The van der Waals surface area contributed by atoms with Gasteiger partial charge >= 0.3 is 0 Å². The zero-order valence-corrected chi connectivity index (χ0v) is 11.5. The number of amides is 1. The monoisotopic (exact) mass is 265 g/mol. The van der Waals surface area contributed by atoms with Gasteiger partial charge in [0.15, 0.2) is 0 Å². The molecule has 0 saturated heterocycles. The Morgan fingerprint density at radius 1 is 1.50 bits per heavy atom. The fraction of sp³-hybridized carbons (Fsp3) is 0.533. The predicted molar refractivity (Wildman–Crippen MR) is 74.9 cm³/mol. The highest BCUT2D eigenvalue weighted by Crippen LogP contribution is 2.35. The molecule has 1 aromatic carbocycles. The molecule has 0 heterocycles. The summed E-state index contributed by atoms with van der Waals surface area (Å²) in [5.41, 5.74) is 2.46. The minimum atomic E-state index is 0.0998. The van der Waals surface area contributed by atoms with Gasteiger partial charge in [-0.05, 0) is 37.7 Å². The summed E-state index contributed by atoms with van der Waals surface area (Å²) in [5, 5.41) is 3.04. The molecule has 1 N–H and O–H groups in total. The molecule has 1 aliphatic carbocycles. The molecule has 2 rings (SSSR count). The van der Waals surface area contributed by atoms with Gasteiger partial charge in [0.05, 0.1) is 5.38 Å². The molecule has 18 heavy (non-hydrogen) atoms. The van der Waals surface area contributed by atoms with Gasteiger partial charge in [0.1, 0.15) is 0 Å². The van der Waals surface area contributed by atoms with E-state index in [1.165, 1.54) is 24.0 Å². The highest BCUT2D eigenvalue weighted by Gasteiger charge is 2.29. The van der Waals surface area contributed by atoms with Crippen LogP contribution in [0.1, 0.15) is 30.4 Å². The molecule has 1 amide bonds. The first-order valence-corrected chi connectivity index (χ1v) is 7.05. The molecule has 1 atom stereocenters. The number of alkyl halides is 1. The van der Waals surface area contributed by atoms with E-state index in [9.17, 15) is 4.79 Å². The van der Waals surface area contributed by atoms with E-state index in [0.717, 1.165) is 6.42 Å². The van der Waals surface area contributed by atoms with Crippen LogP contribution in [0.4, 0.5) is 0 Å². The van der Waals surface area contributed by atoms with Gasteiger partial charge in [-0.3, -0.25) is 4.79 Å². The van der Waals surface area contributed by atoms with Crippen LogP contribution in [0, 0.1) is 12.8 Å². The summed E-state index contributed by atoms with van der Waals surface area (Å²) < 4.78 is 0. The van der Waals surface area contributed by atoms with E-state index in [1.807, 2.05) is 6.07 Å². The summed E-state index contributed by atoms with van der Waals surface area (Å²) in [6, 6.07) is 8.29. The summed E-state index contributed by atoms with van der Waals surface area (Å²) in [7, 11) is 0. The van der Waals surface area contributed by atoms with Crippen molar-refractivity contribution in [1.82, 2.24) is 5.32 Å². The quantitative estimate of drug-likeness (QED) is 0.787. The Morgan fingerprint density at radius 2 is 2.28 bits per heavy atom. The molecule has 0 spiro atoms. The summed E-state index contributed by atoms with van der Waals surface area (Å²) in [5.74, 6) is 0.728. The van der Waals surface area contributed by atoms with Gasteiger partial charge in [-0.15, -0.1) is 11.6 Å². The summed E-state index contributed by atoms with van der Waals surface area (Å²) in [6.07, 6.45) is 3.77. The van der Waals surface area contributed by atoms with Crippen molar-refractivity contribution in [2.24, 2.45) is 5.92 Å². The Kier molecular flexibility index (Phi) is 4.65. The van der Waals surface area contributed by atoms with E-state index in [4.69, 9.17) is 11.6 Å². The van der Waals surface area contributed by atoms with Gasteiger partial charge in [0, 0.05) is 13.0 Å². The molecule has 0 radical (unpaired) electrons. The van der Waals surface area contributed by atoms with Gasteiger partial charge in [0.2, 0.25) is 5.91 Å². The molecule has 0 aromatic heterocycles. The van der Waals surface area contributed by atoms with Crippen LogP contribution in [0.2, 0.25) is 0 Å². The molecule has 0 bridgehead atoms. The zero-order chi connectivity index (χ0) is 13.0. The first kappa shape index (κ1) is 13.4. The van der Waals surface area contributed by atoms with Crippen LogP contribution in [0.15, 0.2) is 24.3 Å². The molecule has 98 valence electrons. The van der Waals surface area contributed by atoms with E-state index >= 15 is 0 Å². The molecule has 1 aliphatic rings. The maximum Gasteiger partial charge on any atom is 0.220 e. The third-order valence-electron chi connectivity index (χ3n) is 3.35. The Hall–Kier alpha value is -1.02. The summed E-state index contributed by atoms with van der Waals surface area (Å²) in [4.78, 5) is 11.7. The molecular weight excluding hydrogens is 246 g/mol. The van der Waals surface area contributed by atoms with Crippen molar-refractivity contribution in [3.05, 3.63) is 35.4 Å². The van der Waals surface area contributed by atoms with Crippen LogP contribution >= 0.6 is 11.6 Å². The Morgan fingerprint density at radius 3 is 2.94 bits per heavy atom. The van der Waals surface area contributed by atoms with E-state index < -0.39 is 0 Å². The molecular formula is C15H20ClNO. The highest BCUT2D eigenvalue weighted by molar-refractivity contribution is 6.21. The van der Waals surface area contributed by atoms with E-state index in [1.54, 1.807) is 0 Å². The highest BCUT2D eigenvalue weighted by atomic mass is 35.5. The fourth-order valence-corrected chi connectivity index (χ4v) is 2.38. The van der Waals surface area contributed by atoms with Crippen molar-refractivity contribution in [3.8, 4) is 0 Å². The molecule has 1 unspecified atom stereocenters. The van der Waals surface area contributed by atoms with Crippen molar-refractivity contribution in [3.63, 3.8) is 0 Å². The first-order chi connectivity index (χ1) is 8.65. The smallest absolute Gasteiger partial charge is 0.220 e. The largest absolute Gasteiger partial charge is 0.355 e. The average Bonchev–Trinajstić information content (AvgIpc) is 3.17. The van der Waals surface area contributed by atoms with Crippen molar-refractivity contribution in [1.29, 1.82) is 0 Å². The predicted octanol–water partition coefficient (Wildman–Crippen LogP) is 3.06.